The molecule has 5 rings (SSSR count). The van der Waals surface area contributed by atoms with Gasteiger partial charge in [-0.25, -0.2) is 0 Å². The van der Waals surface area contributed by atoms with Crippen LogP contribution in [0.1, 0.15) is 79.5 Å². The summed E-state index contributed by atoms with van der Waals surface area (Å²) in [5, 5.41) is 0. The summed E-state index contributed by atoms with van der Waals surface area (Å²) >= 11 is 0. The van der Waals surface area contributed by atoms with Crippen LogP contribution in [0.4, 0.5) is 0 Å². The molecule has 1 aromatic carbocycles. The molecule has 0 spiro atoms. The predicted octanol–water partition coefficient (Wildman–Crippen LogP) is 3.72. The van der Waals surface area contributed by atoms with Crippen molar-refractivity contribution < 1.29 is 9.59 Å². The molecule has 4 saturated heterocycles. The van der Waals surface area contributed by atoms with Crippen LogP contribution >= 0.6 is 0 Å². The Labute approximate surface area is 199 Å². The first-order valence-electron chi connectivity index (χ1n) is 12.9. The molecular weight excluding hydrogens is 412 g/mol. The zero-order valence-corrected chi connectivity index (χ0v) is 19.4. The highest BCUT2D eigenvalue weighted by Crippen LogP contribution is 2.24. The van der Waals surface area contributed by atoms with Gasteiger partial charge in [0.15, 0.2) is 0 Å². The van der Waals surface area contributed by atoms with E-state index < -0.39 is 0 Å². The zero-order chi connectivity index (χ0) is 21.9. The van der Waals surface area contributed by atoms with Crippen LogP contribution in [0.3, 0.4) is 0 Å². The minimum atomic E-state index is 0. The van der Waals surface area contributed by atoms with Crippen molar-refractivity contribution in [1.82, 2.24) is 19.6 Å². The molecular formula is C27H42N4O2. The van der Waals surface area contributed by atoms with Gasteiger partial charge in [-0.3, -0.25) is 9.59 Å². The van der Waals surface area contributed by atoms with Crippen LogP contribution < -0.4 is 0 Å². The standard InChI is InChI=1S/C26H38N4O2.CH4/c31-25(29-17-9-23(10-18-29)27-13-1-2-14-27)21-5-7-22(8-6-21)26(32)30-19-11-24(12-20-30)28-15-3-4-16-28;/h5-8,23-24H,1-4,9-20H2;1H4. The Hall–Kier alpha value is -1.92. The van der Waals surface area contributed by atoms with Crippen LogP contribution in [0.15, 0.2) is 24.3 Å². The lowest BCUT2D eigenvalue weighted by Gasteiger charge is -2.37. The van der Waals surface area contributed by atoms with Crippen molar-refractivity contribution in [2.75, 3.05) is 52.4 Å². The second-order valence-electron chi connectivity index (χ2n) is 10.1. The molecule has 6 heteroatoms. The van der Waals surface area contributed by atoms with Crippen molar-refractivity contribution >= 4 is 11.8 Å². The number of amides is 2. The topological polar surface area (TPSA) is 47.1 Å². The second-order valence-corrected chi connectivity index (χ2v) is 10.1. The van der Waals surface area contributed by atoms with Crippen molar-refractivity contribution in [3.05, 3.63) is 35.4 Å². The lowest BCUT2D eigenvalue weighted by molar-refractivity contribution is 0.0633. The molecule has 0 radical (unpaired) electrons. The van der Waals surface area contributed by atoms with Crippen LogP contribution in [0.25, 0.3) is 0 Å². The molecule has 4 aliphatic rings. The fraction of sp³-hybridized carbons (Fsp3) is 0.704. The van der Waals surface area contributed by atoms with Gasteiger partial charge in [0.2, 0.25) is 0 Å². The van der Waals surface area contributed by atoms with Crippen molar-refractivity contribution in [3.8, 4) is 0 Å². The van der Waals surface area contributed by atoms with E-state index in [1.165, 1.54) is 51.9 Å². The highest BCUT2D eigenvalue weighted by atomic mass is 16.2. The average molecular weight is 455 g/mol. The maximum Gasteiger partial charge on any atom is 0.253 e. The van der Waals surface area contributed by atoms with Gasteiger partial charge in [0.05, 0.1) is 0 Å². The Morgan fingerprint density at radius 1 is 0.545 bits per heavy atom. The van der Waals surface area contributed by atoms with Gasteiger partial charge in [-0.2, -0.15) is 0 Å². The van der Waals surface area contributed by atoms with Gasteiger partial charge in [0.1, 0.15) is 0 Å². The van der Waals surface area contributed by atoms with Gasteiger partial charge >= 0.3 is 0 Å². The Morgan fingerprint density at radius 3 is 1.15 bits per heavy atom. The quantitative estimate of drug-likeness (QED) is 0.696. The van der Waals surface area contributed by atoms with E-state index in [9.17, 15) is 9.59 Å². The predicted molar refractivity (Wildman–Crippen MR) is 133 cm³/mol. The molecule has 33 heavy (non-hydrogen) atoms. The second kappa shape index (κ2) is 11.0. The molecule has 0 bridgehead atoms. The highest BCUT2D eigenvalue weighted by molar-refractivity contribution is 5.98. The molecule has 0 atom stereocenters. The van der Waals surface area contributed by atoms with Crippen LogP contribution in [0, 0.1) is 0 Å². The number of nitrogens with zero attached hydrogens (tertiary/aromatic N) is 4. The van der Waals surface area contributed by atoms with Gasteiger partial charge in [0, 0.05) is 49.4 Å². The summed E-state index contributed by atoms with van der Waals surface area (Å²) in [4.78, 5) is 35.2. The summed E-state index contributed by atoms with van der Waals surface area (Å²) in [5.74, 6) is 0.214. The Balaban J connectivity index is 0.00000259. The third-order valence-electron chi connectivity index (χ3n) is 8.20. The number of hydrogen-bond acceptors (Lipinski definition) is 4. The summed E-state index contributed by atoms with van der Waals surface area (Å²) in [6.07, 6.45) is 9.60. The molecule has 2 amide bonds. The summed E-state index contributed by atoms with van der Waals surface area (Å²) < 4.78 is 0. The number of piperidine rings is 2. The molecule has 0 aromatic heterocycles. The van der Waals surface area contributed by atoms with E-state index in [1.54, 1.807) is 0 Å². The van der Waals surface area contributed by atoms with E-state index in [-0.39, 0.29) is 19.2 Å². The monoisotopic (exact) mass is 454 g/mol. The van der Waals surface area contributed by atoms with Crippen LogP contribution in [0.2, 0.25) is 0 Å². The summed E-state index contributed by atoms with van der Waals surface area (Å²) in [5.41, 5.74) is 1.41. The maximum atomic E-state index is 13.0. The largest absolute Gasteiger partial charge is 0.339 e. The molecule has 0 N–H and O–H groups in total. The average Bonchev–Trinajstić information content (AvgIpc) is 3.58. The Kier molecular flexibility index (Phi) is 8.07. The summed E-state index contributed by atoms with van der Waals surface area (Å²) in [6, 6.07) is 8.68. The smallest absolute Gasteiger partial charge is 0.253 e. The highest BCUT2D eigenvalue weighted by Gasteiger charge is 2.30. The third kappa shape index (κ3) is 5.43. The Bertz CT molecular complexity index is 716. The van der Waals surface area contributed by atoms with Gasteiger partial charge in [-0.05, 0) is 102 Å². The first-order valence-corrected chi connectivity index (χ1v) is 12.9. The molecule has 182 valence electrons. The Morgan fingerprint density at radius 2 is 0.848 bits per heavy atom. The number of carbonyl (C=O) groups excluding carboxylic acids is 2. The van der Waals surface area contributed by atoms with Gasteiger partial charge in [-0.1, -0.05) is 7.43 Å². The van der Waals surface area contributed by atoms with Gasteiger partial charge in [0.25, 0.3) is 11.8 Å². The molecule has 4 fully saturated rings. The molecule has 6 nitrogen and oxygen atoms in total. The van der Waals surface area contributed by atoms with E-state index in [0.29, 0.717) is 23.2 Å². The number of rotatable bonds is 4. The third-order valence-corrected chi connectivity index (χ3v) is 8.20. The number of likely N-dealkylation sites (tertiary alicyclic amines) is 4. The van der Waals surface area contributed by atoms with Crippen molar-refractivity contribution in [1.29, 1.82) is 0 Å². The first kappa shape index (κ1) is 24.2. The zero-order valence-electron chi connectivity index (χ0n) is 19.4. The molecule has 0 aliphatic carbocycles. The van der Waals surface area contributed by atoms with Gasteiger partial charge < -0.3 is 19.6 Å². The van der Waals surface area contributed by atoms with E-state index >= 15 is 0 Å². The fourth-order valence-electron chi connectivity index (χ4n) is 6.20. The molecule has 4 aliphatic heterocycles. The SMILES string of the molecule is C.O=C(c1ccc(C(=O)N2CCC(N3CCCC3)CC2)cc1)N1CCC(N2CCCC2)CC1. The van der Waals surface area contributed by atoms with Crippen LogP contribution in [-0.2, 0) is 0 Å². The minimum Gasteiger partial charge on any atom is -0.339 e. The van der Waals surface area contributed by atoms with Crippen molar-refractivity contribution in [3.63, 3.8) is 0 Å². The number of carbonyl (C=O) groups is 2. The van der Waals surface area contributed by atoms with Crippen LogP contribution in [-0.4, -0.2) is 95.9 Å². The first-order chi connectivity index (χ1) is 15.7. The molecule has 0 saturated carbocycles. The van der Waals surface area contributed by atoms with Gasteiger partial charge in [-0.15, -0.1) is 0 Å². The maximum absolute atomic E-state index is 13.0. The molecule has 1 aromatic rings. The van der Waals surface area contributed by atoms with E-state index in [4.69, 9.17) is 0 Å². The fourth-order valence-corrected chi connectivity index (χ4v) is 6.20. The van der Waals surface area contributed by atoms with Crippen molar-refractivity contribution in [2.24, 2.45) is 0 Å². The lowest BCUT2D eigenvalue weighted by Crippen LogP contribution is -2.46. The number of benzene rings is 1. The normalized spacial score (nSPS) is 23.6. The van der Waals surface area contributed by atoms with E-state index in [2.05, 4.69) is 9.80 Å². The number of hydrogen-bond donors (Lipinski definition) is 0. The minimum absolute atomic E-state index is 0. The van der Waals surface area contributed by atoms with Crippen LogP contribution in [0.5, 0.6) is 0 Å². The molecule has 4 heterocycles. The lowest BCUT2D eigenvalue weighted by atomic mass is 10.0. The molecule has 0 unspecified atom stereocenters. The van der Waals surface area contributed by atoms with E-state index in [1.807, 2.05) is 34.1 Å². The summed E-state index contributed by atoms with van der Waals surface area (Å²) in [6.45, 7) is 8.26. The van der Waals surface area contributed by atoms with E-state index in [0.717, 1.165) is 51.9 Å². The summed E-state index contributed by atoms with van der Waals surface area (Å²) in [7, 11) is 0. The van der Waals surface area contributed by atoms with Crippen molar-refractivity contribution in [2.45, 2.75) is 70.9 Å².